The lowest BCUT2D eigenvalue weighted by atomic mass is 10.1. The highest BCUT2D eigenvalue weighted by atomic mass is 16.5. The van der Waals surface area contributed by atoms with Gasteiger partial charge in [0.2, 0.25) is 0 Å². The molecule has 1 fully saturated rings. The van der Waals surface area contributed by atoms with Crippen LogP contribution in [-0.4, -0.2) is 40.0 Å². The Hall–Kier alpha value is -3.76. The van der Waals surface area contributed by atoms with Gasteiger partial charge in [0.1, 0.15) is 18.9 Å². The van der Waals surface area contributed by atoms with Crippen LogP contribution in [0.2, 0.25) is 0 Å². The number of nitroso groups, excluding NO2 is 1. The number of hydrogen-bond acceptors (Lipinski definition) is 7. The second-order valence-electron chi connectivity index (χ2n) is 8.42. The molecule has 3 aromatic rings. The fourth-order valence-corrected chi connectivity index (χ4v) is 4.07. The molecule has 1 saturated heterocycles. The quantitative estimate of drug-likeness (QED) is 0.531. The summed E-state index contributed by atoms with van der Waals surface area (Å²) in [6.07, 6.45) is 0. The smallest absolute Gasteiger partial charge is 0.355 e. The van der Waals surface area contributed by atoms with Crippen molar-refractivity contribution in [1.29, 1.82) is 0 Å². The molecule has 1 aliphatic heterocycles. The summed E-state index contributed by atoms with van der Waals surface area (Å²) >= 11 is 0. The summed E-state index contributed by atoms with van der Waals surface area (Å²) in [7, 11) is 3.48. The summed E-state index contributed by atoms with van der Waals surface area (Å²) in [5.74, 6) is 0.740. The molecule has 0 spiro atoms. The molecule has 178 valence electrons. The number of nitrogens with zero attached hydrogens (tertiary/aromatic N) is 6. The van der Waals surface area contributed by atoms with Gasteiger partial charge in [0, 0.05) is 30.9 Å². The Bertz CT molecular complexity index is 1250. The van der Waals surface area contributed by atoms with E-state index in [-0.39, 0.29) is 12.6 Å². The average molecular weight is 464 g/mol. The molecule has 1 aromatic heterocycles. The van der Waals surface area contributed by atoms with Crippen LogP contribution in [0.1, 0.15) is 33.6 Å². The van der Waals surface area contributed by atoms with E-state index < -0.39 is 0 Å². The van der Waals surface area contributed by atoms with Crippen LogP contribution in [0.4, 0.5) is 10.5 Å². The highest BCUT2D eigenvalue weighted by Crippen LogP contribution is 2.29. The Balaban J connectivity index is 1.58. The third kappa shape index (κ3) is 4.13. The minimum Gasteiger partial charge on any atom is -0.489 e. The summed E-state index contributed by atoms with van der Waals surface area (Å²) in [5, 5.41) is 12.2. The number of hydrogen-bond donors (Lipinski definition) is 1. The summed E-state index contributed by atoms with van der Waals surface area (Å²) in [5.41, 5.74) is 10.1. The largest absolute Gasteiger partial charge is 0.489 e. The molecule has 0 bridgehead atoms. The van der Waals surface area contributed by atoms with Crippen LogP contribution >= 0.6 is 0 Å². The van der Waals surface area contributed by atoms with Gasteiger partial charge in [-0.3, -0.25) is 0 Å². The van der Waals surface area contributed by atoms with Crippen LogP contribution in [0.15, 0.2) is 41.6 Å². The molecule has 4 rings (SSSR count). The van der Waals surface area contributed by atoms with Crippen LogP contribution in [0, 0.1) is 32.6 Å². The third-order valence-corrected chi connectivity index (χ3v) is 6.23. The number of carbonyl (C=O) groups is 1. The zero-order valence-corrected chi connectivity index (χ0v) is 20.3. The normalized spacial score (nSPS) is 14.2. The molecule has 0 radical (unpaired) electrons. The molecular weight excluding hydrogens is 434 g/mol. The summed E-state index contributed by atoms with van der Waals surface area (Å²) < 4.78 is 8.03. The molecule has 1 N–H and O–H groups in total. The Morgan fingerprint density at radius 1 is 1.03 bits per heavy atom. The van der Waals surface area contributed by atoms with Crippen molar-refractivity contribution < 1.29 is 9.53 Å². The van der Waals surface area contributed by atoms with Crippen molar-refractivity contribution in [2.24, 2.45) is 5.18 Å². The lowest BCUT2D eigenvalue weighted by Crippen LogP contribution is -2.39. The average Bonchev–Trinajstić information content (AvgIpc) is 3.23. The van der Waals surface area contributed by atoms with E-state index in [2.05, 4.69) is 15.8 Å². The van der Waals surface area contributed by atoms with Crippen molar-refractivity contribution in [3.63, 3.8) is 0 Å². The summed E-state index contributed by atoms with van der Waals surface area (Å²) in [6, 6.07) is 11.5. The van der Waals surface area contributed by atoms with E-state index in [1.165, 1.54) is 10.0 Å². The highest BCUT2D eigenvalue weighted by Gasteiger charge is 2.33. The number of anilines is 1. The van der Waals surface area contributed by atoms with Crippen LogP contribution in [0.5, 0.6) is 5.75 Å². The van der Waals surface area contributed by atoms with Crippen molar-refractivity contribution in [3.05, 3.63) is 74.9 Å². The first-order chi connectivity index (χ1) is 16.2. The Morgan fingerprint density at radius 3 is 2.44 bits per heavy atom. The zero-order chi connectivity index (χ0) is 24.6. The van der Waals surface area contributed by atoms with E-state index >= 15 is 0 Å². The van der Waals surface area contributed by atoms with Crippen LogP contribution < -0.4 is 15.3 Å². The topological polar surface area (TPSA) is 95.3 Å². The summed E-state index contributed by atoms with van der Waals surface area (Å²) in [4.78, 5) is 23.4. The second-order valence-corrected chi connectivity index (χ2v) is 8.42. The molecule has 10 heteroatoms. The lowest BCUT2D eigenvalue weighted by Gasteiger charge is -2.21. The van der Waals surface area contributed by atoms with Crippen molar-refractivity contribution in [2.45, 2.75) is 40.8 Å². The monoisotopic (exact) mass is 463 g/mol. The van der Waals surface area contributed by atoms with Gasteiger partial charge in [0.05, 0.1) is 17.1 Å². The number of urea groups is 1. The van der Waals surface area contributed by atoms with Gasteiger partial charge < -0.3 is 4.74 Å². The molecule has 0 unspecified atom stereocenters. The first kappa shape index (κ1) is 23.4. The number of aryl methyl sites for hydroxylation is 3. The van der Waals surface area contributed by atoms with Gasteiger partial charge in [0.15, 0.2) is 0 Å². The molecule has 2 amide bonds. The molecule has 0 atom stereocenters. The van der Waals surface area contributed by atoms with Gasteiger partial charge >= 0.3 is 6.03 Å². The third-order valence-electron chi connectivity index (χ3n) is 6.23. The molecule has 2 heterocycles. The number of carbonyl (C=O) groups excluding carboxylic acids is 1. The van der Waals surface area contributed by atoms with Gasteiger partial charge in [-0.15, -0.1) is 10.7 Å². The highest BCUT2D eigenvalue weighted by molar-refractivity contribution is 5.92. The Kier molecular flexibility index (Phi) is 6.36. The molecule has 2 aromatic carbocycles. The first-order valence-electron chi connectivity index (χ1n) is 11.0. The number of rotatable bonds is 7. The number of aromatic nitrogens is 2. The van der Waals surface area contributed by atoms with E-state index in [1.54, 1.807) is 19.2 Å². The summed E-state index contributed by atoms with van der Waals surface area (Å²) in [6.45, 7) is 8.20. The van der Waals surface area contributed by atoms with Gasteiger partial charge in [-0.2, -0.15) is 10.0 Å². The Morgan fingerprint density at radius 2 is 1.79 bits per heavy atom. The first-order valence-corrected chi connectivity index (χ1v) is 11.0. The SMILES string of the molecule is Cc1cc(-n2nc(C)c(CN=O)c2C)ccc1OCc1c(C)cccc1N1NN(C)N(C)C1=O. The van der Waals surface area contributed by atoms with Gasteiger partial charge in [0.25, 0.3) is 0 Å². The molecule has 34 heavy (non-hydrogen) atoms. The maximum Gasteiger partial charge on any atom is 0.355 e. The van der Waals surface area contributed by atoms with E-state index in [4.69, 9.17) is 4.74 Å². The van der Waals surface area contributed by atoms with E-state index in [0.29, 0.717) is 6.61 Å². The maximum absolute atomic E-state index is 12.6. The number of nitrogens with one attached hydrogen (secondary N) is 1. The minimum atomic E-state index is -0.177. The standard InChI is InChI=1S/C24H29N7O3/c1-15-8-7-9-22(31-24(32)28(5)29(6)27-31)21(15)14-34-23-11-10-19(12-16(23)2)30-18(4)20(13-25-33)17(3)26-30/h7-12,27H,13-14H2,1-6H3. The molecule has 0 aliphatic carbocycles. The van der Waals surface area contributed by atoms with Crippen LogP contribution in [0.25, 0.3) is 5.69 Å². The van der Waals surface area contributed by atoms with E-state index in [9.17, 15) is 9.70 Å². The maximum atomic E-state index is 12.6. The van der Waals surface area contributed by atoms with Crippen molar-refractivity contribution >= 4 is 11.7 Å². The zero-order valence-electron chi connectivity index (χ0n) is 20.3. The molecule has 10 nitrogen and oxygen atoms in total. The van der Waals surface area contributed by atoms with E-state index in [0.717, 1.165) is 50.8 Å². The fourth-order valence-electron chi connectivity index (χ4n) is 4.07. The number of benzene rings is 2. The predicted molar refractivity (Wildman–Crippen MR) is 129 cm³/mol. The van der Waals surface area contributed by atoms with E-state index in [1.807, 2.05) is 68.8 Å². The second kappa shape index (κ2) is 9.24. The van der Waals surface area contributed by atoms with Crippen LogP contribution in [-0.2, 0) is 13.2 Å². The van der Waals surface area contributed by atoms with Crippen molar-refractivity contribution in [1.82, 2.24) is 25.4 Å². The fraction of sp³-hybridized carbons (Fsp3) is 0.333. The van der Waals surface area contributed by atoms with Crippen molar-refractivity contribution in [3.8, 4) is 11.4 Å². The minimum absolute atomic E-state index is 0.108. The van der Waals surface area contributed by atoms with Crippen LogP contribution in [0.3, 0.4) is 0 Å². The van der Waals surface area contributed by atoms with Crippen molar-refractivity contribution in [2.75, 3.05) is 19.1 Å². The van der Waals surface area contributed by atoms with Gasteiger partial charge in [-0.25, -0.2) is 19.5 Å². The molecular formula is C24H29N7O3. The predicted octanol–water partition coefficient (Wildman–Crippen LogP) is 4.09. The van der Waals surface area contributed by atoms with Gasteiger partial charge in [-0.05, 0) is 63.1 Å². The number of ether oxygens (including phenoxy) is 1. The number of amides is 2. The van der Waals surface area contributed by atoms with Gasteiger partial charge in [-0.1, -0.05) is 17.3 Å². The lowest BCUT2D eigenvalue weighted by molar-refractivity contribution is 0.0652. The molecule has 0 saturated carbocycles. The molecule has 1 aliphatic rings. The number of hydrazine groups is 3. The Labute approximate surface area is 198 Å².